The molecule has 1 amide bonds. The summed E-state index contributed by atoms with van der Waals surface area (Å²) in [6.07, 6.45) is 0.982. The van der Waals surface area contributed by atoms with Gasteiger partial charge in [0.05, 0.1) is 17.5 Å². The molecule has 0 N–H and O–H groups in total. The van der Waals surface area contributed by atoms with Gasteiger partial charge in [0.2, 0.25) is 5.91 Å². The van der Waals surface area contributed by atoms with Gasteiger partial charge in [0.1, 0.15) is 0 Å². The fraction of sp³-hybridized carbons (Fsp3) is 0.333. The van der Waals surface area contributed by atoms with Gasteiger partial charge in [-0.2, -0.15) is 4.99 Å². The number of para-hydroxylation sites is 1. The lowest BCUT2D eigenvalue weighted by Crippen LogP contribution is -2.38. The molecule has 0 spiro atoms. The van der Waals surface area contributed by atoms with Crippen LogP contribution in [0.25, 0.3) is 0 Å². The van der Waals surface area contributed by atoms with Crippen LogP contribution in [0, 0.1) is 6.92 Å². The van der Waals surface area contributed by atoms with Gasteiger partial charge < -0.3 is 4.90 Å². The van der Waals surface area contributed by atoms with E-state index in [-0.39, 0.29) is 28.7 Å². The van der Waals surface area contributed by atoms with E-state index in [2.05, 4.69) is 4.99 Å². The van der Waals surface area contributed by atoms with Crippen LogP contribution in [0.4, 0.5) is 5.69 Å². The first kappa shape index (κ1) is 19.2. The Morgan fingerprint density at radius 1 is 1.11 bits per heavy atom. The first-order valence-corrected chi connectivity index (χ1v) is 12.0. The van der Waals surface area contributed by atoms with Crippen LogP contribution in [0.5, 0.6) is 0 Å². The molecule has 146 valence electrons. The van der Waals surface area contributed by atoms with Gasteiger partial charge in [-0.1, -0.05) is 60.3 Å². The van der Waals surface area contributed by atoms with Gasteiger partial charge in [-0.25, -0.2) is 8.42 Å². The topological polar surface area (TPSA) is 66.8 Å². The molecule has 2 aliphatic rings. The van der Waals surface area contributed by atoms with Crippen LogP contribution < -0.4 is 4.90 Å². The second kappa shape index (κ2) is 7.72. The first-order chi connectivity index (χ1) is 13.4. The van der Waals surface area contributed by atoms with E-state index in [0.29, 0.717) is 18.0 Å². The molecular weight excluding hydrogens is 392 g/mol. The smallest absolute Gasteiger partial charge is 0.248 e. The summed E-state index contributed by atoms with van der Waals surface area (Å²) in [7, 11) is -3.06. The third-order valence-corrected chi connectivity index (χ3v) is 8.34. The Balaban J connectivity index is 1.59. The minimum Gasteiger partial charge on any atom is -0.315 e. The molecule has 7 heteroatoms. The Bertz CT molecular complexity index is 1020. The number of hydrogen-bond acceptors (Lipinski definition) is 4. The molecule has 0 saturated carbocycles. The highest BCUT2D eigenvalue weighted by Gasteiger charge is 2.49. The van der Waals surface area contributed by atoms with Crippen LogP contribution in [0.1, 0.15) is 17.5 Å². The molecule has 2 aliphatic heterocycles. The molecule has 2 fully saturated rings. The van der Waals surface area contributed by atoms with Gasteiger partial charge in [0.15, 0.2) is 15.0 Å². The number of amides is 1. The minimum atomic E-state index is -3.06. The molecule has 0 unspecified atom stereocenters. The largest absolute Gasteiger partial charge is 0.315 e. The number of anilines is 1. The summed E-state index contributed by atoms with van der Waals surface area (Å²) in [6, 6.07) is 17.5. The maximum absolute atomic E-state index is 12.5. The number of rotatable bonds is 4. The Morgan fingerprint density at radius 2 is 1.82 bits per heavy atom. The van der Waals surface area contributed by atoms with Crippen LogP contribution in [0.2, 0.25) is 0 Å². The predicted octanol–water partition coefficient (Wildman–Crippen LogP) is 3.23. The van der Waals surface area contributed by atoms with E-state index >= 15 is 0 Å². The highest BCUT2D eigenvalue weighted by Crippen LogP contribution is 2.41. The zero-order valence-electron chi connectivity index (χ0n) is 15.6. The van der Waals surface area contributed by atoms with Crippen LogP contribution in [-0.4, -0.2) is 42.3 Å². The van der Waals surface area contributed by atoms with Gasteiger partial charge in [-0.3, -0.25) is 4.79 Å². The number of benzene rings is 2. The standard InChI is InChI=1S/C21H22N2O3S2/c1-15-7-5-6-10-17(15)23-18-13-28(25,26)14-19(18)27-21(23)22-20(24)12-11-16-8-3-2-4-9-16/h2-10,18-19H,11-14H2,1H3/t18-,19-/m0/s1. The van der Waals surface area contributed by atoms with Gasteiger partial charge in [0, 0.05) is 17.4 Å². The number of sulfone groups is 1. The van der Waals surface area contributed by atoms with E-state index in [9.17, 15) is 13.2 Å². The molecule has 2 saturated heterocycles. The van der Waals surface area contributed by atoms with Gasteiger partial charge in [0.25, 0.3) is 0 Å². The summed E-state index contributed by atoms with van der Waals surface area (Å²) < 4.78 is 24.3. The van der Waals surface area contributed by atoms with Crippen molar-refractivity contribution in [1.82, 2.24) is 0 Å². The molecule has 28 heavy (non-hydrogen) atoms. The number of aliphatic imine (C=N–C) groups is 1. The molecule has 5 nitrogen and oxygen atoms in total. The minimum absolute atomic E-state index is 0.0784. The SMILES string of the molecule is Cc1ccccc1N1C(=NC(=O)CCc2ccccc2)S[C@H]2CS(=O)(=O)C[C@@H]21. The Labute approximate surface area is 169 Å². The van der Waals surface area contributed by atoms with E-state index in [0.717, 1.165) is 16.8 Å². The number of amidine groups is 1. The van der Waals surface area contributed by atoms with Crippen LogP contribution >= 0.6 is 11.8 Å². The second-order valence-corrected chi connectivity index (χ2v) is 10.6. The molecule has 2 atom stereocenters. The maximum Gasteiger partial charge on any atom is 0.248 e. The number of carbonyl (C=O) groups excluding carboxylic acids is 1. The molecule has 0 bridgehead atoms. The zero-order chi connectivity index (χ0) is 19.7. The quantitative estimate of drug-likeness (QED) is 0.768. The van der Waals surface area contributed by atoms with E-state index in [1.807, 2.05) is 66.4 Å². The van der Waals surface area contributed by atoms with Crippen LogP contribution in [-0.2, 0) is 21.1 Å². The summed E-state index contributed by atoms with van der Waals surface area (Å²) in [5.41, 5.74) is 3.07. The van der Waals surface area contributed by atoms with Crippen molar-refractivity contribution >= 4 is 38.4 Å². The van der Waals surface area contributed by atoms with Crippen molar-refractivity contribution in [2.45, 2.75) is 31.1 Å². The molecular formula is C21H22N2O3S2. The number of aryl methyl sites for hydroxylation is 2. The number of carbonyl (C=O) groups is 1. The van der Waals surface area contributed by atoms with Gasteiger partial charge in [-0.05, 0) is 30.5 Å². The number of nitrogens with zero attached hydrogens (tertiary/aromatic N) is 2. The lowest BCUT2D eigenvalue weighted by molar-refractivity contribution is -0.117. The highest BCUT2D eigenvalue weighted by atomic mass is 32.2. The lowest BCUT2D eigenvalue weighted by Gasteiger charge is -2.26. The fourth-order valence-corrected chi connectivity index (χ4v) is 7.66. The number of thioether (sulfide) groups is 1. The number of fused-ring (bicyclic) bond motifs is 1. The molecule has 0 radical (unpaired) electrons. The third kappa shape index (κ3) is 4.00. The molecule has 2 heterocycles. The molecule has 2 aromatic rings. The molecule has 2 aromatic carbocycles. The summed E-state index contributed by atoms with van der Waals surface area (Å²) in [5.74, 6) is 0.0748. The maximum atomic E-state index is 12.5. The van der Waals surface area contributed by atoms with E-state index in [1.165, 1.54) is 11.8 Å². The van der Waals surface area contributed by atoms with Gasteiger partial charge >= 0.3 is 0 Å². The third-order valence-electron chi connectivity index (χ3n) is 5.13. The highest BCUT2D eigenvalue weighted by molar-refractivity contribution is 8.16. The van der Waals surface area contributed by atoms with Crippen molar-refractivity contribution in [2.75, 3.05) is 16.4 Å². The average Bonchev–Trinajstić information content (AvgIpc) is 3.12. The Kier molecular flexibility index (Phi) is 5.29. The second-order valence-electron chi connectivity index (χ2n) is 7.23. The van der Waals surface area contributed by atoms with E-state index in [1.54, 1.807) is 0 Å². The van der Waals surface area contributed by atoms with Crippen LogP contribution in [0.15, 0.2) is 59.6 Å². The predicted molar refractivity (Wildman–Crippen MR) is 115 cm³/mol. The normalized spacial score (nSPS) is 24.5. The summed E-state index contributed by atoms with van der Waals surface area (Å²) in [5, 5.41) is 0.544. The first-order valence-electron chi connectivity index (χ1n) is 9.30. The molecule has 0 aliphatic carbocycles. The fourth-order valence-electron chi connectivity index (χ4n) is 3.74. The summed E-state index contributed by atoms with van der Waals surface area (Å²) >= 11 is 1.42. The van der Waals surface area contributed by atoms with Crippen molar-refractivity contribution in [3.05, 3.63) is 65.7 Å². The van der Waals surface area contributed by atoms with E-state index < -0.39 is 9.84 Å². The molecule has 4 rings (SSSR count). The summed E-state index contributed by atoms with van der Waals surface area (Å²) in [6.45, 7) is 1.99. The van der Waals surface area contributed by atoms with Crippen molar-refractivity contribution in [2.24, 2.45) is 4.99 Å². The summed E-state index contributed by atoms with van der Waals surface area (Å²) in [4.78, 5) is 18.9. The van der Waals surface area contributed by atoms with Crippen molar-refractivity contribution < 1.29 is 13.2 Å². The monoisotopic (exact) mass is 414 g/mol. The van der Waals surface area contributed by atoms with Crippen molar-refractivity contribution in [3.63, 3.8) is 0 Å². The van der Waals surface area contributed by atoms with Crippen molar-refractivity contribution in [1.29, 1.82) is 0 Å². The Morgan fingerprint density at radius 3 is 2.57 bits per heavy atom. The van der Waals surface area contributed by atoms with Crippen LogP contribution in [0.3, 0.4) is 0 Å². The molecule has 0 aromatic heterocycles. The van der Waals surface area contributed by atoms with E-state index in [4.69, 9.17) is 0 Å². The lowest BCUT2D eigenvalue weighted by atomic mass is 10.1. The van der Waals surface area contributed by atoms with Crippen molar-refractivity contribution in [3.8, 4) is 0 Å². The average molecular weight is 415 g/mol. The van der Waals surface area contributed by atoms with Gasteiger partial charge in [-0.15, -0.1) is 0 Å². The zero-order valence-corrected chi connectivity index (χ0v) is 17.2. The number of hydrogen-bond donors (Lipinski definition) is 0. The Hall–Kier alpha value is -2.12.